The molecule has 1 rings (SSSR count). The lowest BCUT2D eigenvalue weighted by Gasteiger charge is -2.38. The Balaban J connectivity index is 3.02. The van der Waals surface area contributed by atoms with E-state index >= 15 is 0 Å². The first-order chi connectivity index (χ1) is 6.64. The minimum Gasteiger partial charge on any atom is -0.376 e. The minimum atomic E-state index is -2.61. The maximum absolute atomic E-state index is 5.47. The predicted molar refractivity (Wildman–Crippen MR) is 58.0 cm³/mol. The third kappa shape index (κ3) is 1.70. The van der Waals surface area contributed by atoms with Crippen molar-refractivity contribution in [2.75, 3.05) is 21.3 Å². The molecule has 0 amide bonds. The van der Waals surface area contributed by atoms with Crippen molar-refractivity contribution >= 4 is 8.80 Å². The summed E-state index contributed by atoms with van der Waals surface area (Å²) >= 11 is 0. The van der Waals surface area contributed by atoms with E-state index in [-0.39, 0.29) is 5.04 Å². The molecule has 80 valence electrons. The molecule has 0 N–H and O–H groups in total. The van der Waals surface area contributed by atoms with Gasteiger partial charge in [-0.25, -0.2) is 0 Å². The van der Waals surface area contributed by atoms with Crippen molar-refractivity contribution < 1.29 is 13.3 Å². The van der Waals surface area contributed by atoms with Crippen LogP contribution in [0.15, 0.2) is 24.3 Å². The van der Waals surface area contributed by atoms with E-state index in [9.17, 15) is 0 Å². The topological polar surface area (TPSA) is 27.7 Å². The molecule has 0 fully saturated rings. The van der Waals surface area contributed by atoms with Crippen LogP contribution in [-0.2, 0) is 13.3 Å². The molecule has 0 spiro atoms. The van der Waals surface area contributed by atoms with Crippen molar-refractivity contribution in [3.8, 4) is 0 Å². The summed E-state index contributed by atoms with van der Waals surface area (Å²) in [5.74, 6) is 0. The second-order valence-corrected chi connectivity index (χ2v) is 6.91. The van der Waals surface area contributed by atoms with Gasteiger partial charge in [-0.3, -0.25) is 0 Å². The molecule has 0 atom stereocenters. The zero-order valence-electron chi connectivity index (χ0n) is 9.24. The van der Waals surface area contributed by atoms with Crippen molar-refractivity contribution in [1.29, 1.82) is 0 Å². The normalized spacial score (nSPS) is 20.0. The first kappa shape index (κ1) is 11.7. The number of hydrogen-bond acceptors (Lipinski definition) is 3. The summed E-state index contributed by atoms with van der Waals surface area (Å²) in [7, 11) is 2.30. The van der Waals surface area contributed by atoms with Crippen LogP contribution in [0.25, 0.3) is 0 Å². The van der Waals surface area contributed by atoms with Crippen molar-refractivity contribution in [2.45, 2.75) is 18.4 Å². The molecule has 0 saturated heterocycles. The standard InChI is InChI=1S/C10H18O3Si/c1-10(8-6-5-7-9-10)14(11-2,12-3)13-4/h6-9H,5H2,1-4H3. The lowest BCUT2D eigenvalue weighted by Crippen LogP contribution is -2.52. The average molecular weight is 214 g/mol. The Bertz CT molecular complexity index is 223. The second-order valence-electron chi connectivity index (χ2n) is 3.49. The first-order valence-electron chi connectivity index (χ1n) is 4.65. The van der Waals surface area contributed by atoms with Gasteiger partial charge < -0.3 is 13.3 Å². The minimum absolute atomic E-state index is 0.247. The average Bonchev–Trinajstić information content (AvgIpc) is 2.22. The summed E-state index contributed by atoms with van der Waals surface area (Å²) in [6.07, 6.45) is 9.40. The summed E-state index contributed by atoms with van der Waals surface area (Å²) in [6, 6.07) is 0. The summed E-state index contributed by atoms with van der Waals surface area (Å²) in [4.78, 5) is 0. The zero-order valence-corrected chi connectivity index (χ0v) is 10.2. The Morgan fingerprint density at radius 2 is 1.43 bits per heavy atom. The third-order valence-electron chi connectivity index (χ3n) is 2.67. The van der Waals surface area contributed by atoms with E-state index in [2.05, 4.69) is 31.2 Å². The Morgan fingerprint density at radius 3 is 1.79 bits per heavy atom. The molecule has 0 unspecified atom stereocenters. The molecule has 0 aromatic heterocycles. The van der Waals surface area contributed by atoms with Crippen LogP contribution in [0.1, 0.15) is 13.3 Å². The second kappa shape index (κ2) is 4.40. The van der Waals surface area contributed by atoms with Gasteiger partial charge in [-0.05, 0) is 13.3 Å². The van der Waals surface area contributed by atoms with Gasteiger partial charge in [-0.15, -0.1) is 0 Å². The molecule has 1 aliphatic carbocycles. The molecular weight excluding hydrogens is 196 g/mol. The summed E-state index contributed by atoms with van der Waals surface area (Å²) < 4.78 is 16.4. The smallest absolute Gasteiger partial charge is 0.376 e. The molecule has 0 radical (unpaired) electrons. The highest BCUT2D eigenvalue weighted by molar-refractivity contribution is 6.65. The molecule has 14 heavy (non-hydrogen) atoms. The molecular formula is C10H18O3Si. The van der Waals surface area contributed by atoms with Gasteiger partial charge >= 0.3 is 8.80 Å². The molecule has 0 heterocycles. The highest BCUT2D eigenvalue weighted by Crippen LogP contribution is 2.43. The Labute approximate surface area is 86.7 Å². The van der Waals surface area contributed by atoms with E-state index in [0.29, 0.717) is 0 Å². The molecule has 3 nitrogen and oxygen atoms in total. The van der Waals surface area contributed by atoms with E-state index in [0.717, 1.165) is 6.42 Å². The van der Waals surface area contributed by atoms with Crippen molar-refractivity contribution in [2.24, 2.45) is 0 Å². The third-order valence-corrected chi connectivity index (χ3v) is 5.93. The number of hydrogen-bond donors (Lipinski definition) is 0. The van der Waals surface area contributed by atoms with Crippen LogP contribution < -0.4 is 0 Å². The maximum Gasteiger partial charge on any atom is 0.514 e. The van der Waals surface area contributed by atoms with Gasteiger partial charge in [-0.2, -0.15) is 0 Å². The van der Waals surface area contributed by atoms with Gasteiger partial charge in [0.15, 0.2) is 0 Å². The van der Waals surface area contributed by atoms with Crippen LogP contribution in [-0.4, -0.2) is 30.1 Å². The van der Waals surface area contributed by atoms with Crippen LogP contribution in [0.2, 0.25) is 5.04 Å². The summed E-state index contributed by atoms with van der Waals surface area (Å²) in [5.41, 5.74) is 0. The molecule has 0 bridgehead atoms. The number of allylic oxidation sites excluding steroid dienone is 4. The van der Waals surface area contributed by atoms with Gasteiger partial charge in [0.2, 0.25) is 0 Å². The van der Waals surface area contributed by atoms with E-state index in [1.165, 1.54) is 0 Å². The molecule has 0 saturated carbocycles. The first-order valence-corrected chi connectivity index (χ1v) is 6.37. The van der Waals surface area contributed by atoms with E-state index in [1.807, 2.05) is 0 Å². The fraction of sp³-hybridized carbons (Fsp3) is 0.600. The van der Waals surface area contributed by atoms with E-state index in [4.69, 9.17) is 13.3 Å². The lowest BCUT2D eigenvalue weighted by atomic mass is 10.0. The predicted octanol–water partition coefficient (Wildman–Crippen LogP) is 2.14. The fourth-order valence-electron chi connectivity index (χ4n) is 1.87. The lowest BCUT2D eigenvalue weighted by molar-refractivity contribution is 0.108. The molecule has 1 aliphatic rings. The van der Waals surface area contributed by atoms with Crippen LogP contribution in [0.4, 0.5) is 0 Å². The van der Waals surface area contributed by atoms with Crippen molar-refractivity contribution in [3.05, 3.63) is 24.3 Å². The fourth-order valence-corrected chi connectivity index (χ4v) is 4.34. The van der Waals surface area contributed by atoms with Gasteiger partial charge in [0, 0.05) is 21.3 Å². The molecule has 0 aromatic rings. The van der Waals surface area contributed by atoms with Gasteiger partial charge in [0.25, 0.3) is 0 Å². The zero-order chi connectivity index (χ0) is 10.7. The van der Waals surface area contributed by atoms with Crippen LogP contribution in [0.5, 0.6) is 0 Å². The van der Waals surface area contributed by atoms with Crippen molar-refractivity contribution in [3.63, 3.8) is 0 Å². The summed E-state index contributed by atoms with van der Waals surface area (Å²) in [6.45, 7) is 2.07. The van der Waals surface area contributed by atoms with Gasteiger partial charge in [-0.1, -0.05) is 24.3 Å². The highest BCUT2D eigenvalue weighted by Gasteiger charge is 2.54. The van der Waals surface area contributed by atoms with Crippen molar-refractivity contribution in [1.82, 2.24) is 0 Å². The Hall–Kier alpha value is -0.423. The van der Waals surface area contributed by atoms with Gasteiger partial charge in [0.05, 0.1) is 5.04 Å². The monoisotopic (exact) mass is 214 g/mol. The number of rotatable bonds is 4. The van der Waals surface area contributed by atoms with Gasteiger partial charge in [0.1, 0.15) is 0 Å². The SMILES string of the molecule is CO[Si](OC)(OC)C1(C)C=CCC=C1. The molecule has 4 heteroatoms. The molecule has 0 aliphatic heterocycles. The summed E-state index contributed by atoms with van der Waals surface area (Å²) in [5, 5.41) is -0.247. The maximum atomic E-state index is 5.47. The van der Waals surface area contributed by atoms with Crippen LogP contribution in [0, 0.1) is 0 Å². The van der Waals surface area contributed by atoms with Crippen LogP contribution >= 0.6 is 0 Å². The van der Waals surface area contributed by atoms with E-state index < -0.39 is 8.80 Å². The Morgan fingerprint density at radius 1 is 1.00 bits per heavy atom. The highest BCUT2D eigenvalue weighted by atomic mass is 28.4. The van der Waals surface area contributed by atoms with Crippen LogP contribution in [0.3, 0.4) is 0 Å². The van der Waals surface area contributed by atoms with E-state index in [1.54, 1.807) is 21.3 Å². The quantitative estimate of drug-likeness (QED) is 0.530. The largest absolute Gasteiger partial charge is 0.514 e. The molecule has 0 aromatic carbocycles. The Kier molecular flexibility index (Phi) is 3.66.